The first-order chi connectivity index (χ1) is 13.6. The fourth-order valence-electron chi connectivity index (χ4n) is 2.98. The predicted octanol–water partition coefficient (Wildman–Crippen LogP) is 3.13. The first-order valence-corrected chi connectivity index (χ1v) is 9.34. The number of fused-ring (bicyclic) bond motifs is 1. The fraction of sp³-hybridized carbons (Fsp3) is 0.333. The summed E-state index contributed by atoms with van der Waals surface area (Å²) in [6.45, 7) is 2.48. The van der Waals surface area contributed by atoms with Gasteiger partial charge in [-0.3, -0.25) is 4.79 Å². The number of rotatable bonds is 9. The SMILES string of the molecule is CC[C@H](Nc1cccc(OC)c1)C(=O)NCCc1nc2ccc(OC)cc2[nH]1. The normalized spacial score (nSPS) is 11.8. The molecule has 3 N–H and O–H groups in total. The lowest BCUT2D eigenvalue weighted by Gasteiger charge is -2.18. The largest absolute Gasteiger partial charge is 0.497 e. The van der Waals surface area contributed by atoms with E-state index in [1.54, 1.807) is 14.2 Å². The molecular formula is C21H26N4O3. The predicted molar refractivity (Wildman–Crippen MR) is 110 cm³/mol. The Labute approximate surface area is 164 Å². The number of hydrogen-bond acceptors (Lipinski definition) is 5. The Morgan fingerprint density at radius 1 is 1.14 bits per heavy atom. The smallest absolute Gasteiger partial charge is 0.242 e. The Kier molecular flexibility index (Phi) is 6.37. The number of ether oxygens (including phenoxy) is 2. The molecule has 28 heavy (non-hydrogen) atoms. The van der Waals surface area contributed by atoms with Gasteiger partial charge in [-0.1, -0.05) is 13.0 Å². The molecule has 7 heteroatoms. The number of amides is 1. The number of H-pyrrole nitrogens is 1. The van der Waals surface area contributed by atoms with Crippen LogP contribution in [-0.4, -0.2) is 42.7 Å². The van der Waals surface area contributed by atoms with Crippen molar-refractivity contribution in [2.45, 2.75) is 25.8 Å². The molecule has 1 atom stereocenters. The van der Waals surface area contributed by atoms with Gasteiger partial charge in [-0.05, 0) is 30.7 Å². The van der Waals surface area contributed by atoms with Crippen LogP contribution in [0.3, 0.4) is 0 Å². The number of methoxy groups -OCH3 is 2. The maximum Gasteiger partial charge on any atom is 0.242 e. The van der Waals surface area contributed by atoms with E-state index < -0.39 is 0 Å². The third-order valence-corrected chi connectivity index (χ3v) is 4.53. The monoisotopic (exact) mass is 382 g/mol. The molecule has 0 unspecified atom stereocenters. The van der Waals surface area contributed by atoms with Crippen LogP contribution in [0.5, 0.6) is 11.5 Å². The maximum atomic E-state index is 12.5. The third kappa shape index (κ3) is 4.73. The summed E-state index contributed by atoms with van der Waals surface area (Å²) in [5.41, 5.74) is 2.66. The van der Waals surface area contributed by atoms with Crippen LogP contribution >= 0.6 is 0 Å². The highest BCUT2D eigenvalue weighted by Gasteiger charge is 2.16. The number of anilines is 1. The van der Waals surface area contributed by atoms with Crippen LogP contribution in [0.15, 0.2) is 42.5 Å². The van der Waals surface area contributed by atoms with Crippen LogP contribution < -0.4 is 20.1 Å². The van der Waals surface area contributed by atoms with E-state index in [4.69, 9.17) is 9.47 Å². The highest BCUT2D eigenvalue weighted by Crippen LogP contribution is 2.19. The van der Waals surface area contributed by atoms with Gasteiger partial charge in [-0.15, -0.1) is 0 Å². The third-order valence-electron chi connectivity index (χ3n) is 4.53. The molecule has 1 heterocycles. The van der Waals surface area contributed by atoms with Crippen molar-refractivity contribution in [1.82, 2.24) is 15.3 Å². The van der Waals surface area contributed by atoms with E-state index in [0.29, 0.717) is 19.4 Å². The molecule has 1 aromatic heterocycles. The van der Waals surface area contributed by atoms with Crippen LogP contribution in [-0.2, 0) is 11.2 Å². The minimum Gasteiger partial charge on any atom is -0.497 e. The van der Waals surface area contributed by atoms with Crippen LogP contribution in [0.4, 0.5) is 5.69 Å². The van der Waals surface area contributed by atoms with Crippen LogP contribution in [0.1, 0.15) is 19.2 Å². The summed E-state index contributed by atoms with van der Waals surface area (Å²) in [6.07, 6.45) is 1.30. The summed E-state index contributed by atoms with van der Waals surface area (Å²) in [5.74, 6) is 2.33. The van der Waals surface area contributed by atoms with Gasteiger partial charge in [0.2, 0.25) is 5.91 Å². The van der Waals surface area contributed by atoms with Gasteiger partial charge in [0, 0.05) is 30.8 Å². The second-order valence-electron chi connectivity index (χ2n) is 6.44. The lowest BCUT2D eigenvalue weighted by atomic mass is 10.2. The Morgan fingerprint density at radius 2 is 1.93 bits per heavy atom. The number of hydrogen-bond donors (Lipinski definition) is 3. The summed E-state index contributed by atoms with van der Waals surface area (Å²) < 4.78 is 10.5. The molecule has 0 aliphatic heterocycles. The molecule has 3 rings (SSSR count). The number of aromatic amines is 1. The second kappa shape index (κ2) is 9.12. The van der Waals surface area contributed by atoms with Crippen LogP contribution in [0, 0.1) is 0 Å². The minimum absolute atomic E-state index is 0.0388. The van der Waals surface area contributed by atoms with Crippen molar-refractivity contribution in [2.24, 2.45) is 0 Å². The average Bonchev–Trinajstić information content (AvgIpc) is 3.13. The Morgan fingerprint density at radius 3 is 2.68 bits per heavy atom. The molecular weight excluding hydrogens is 356 g/mol. The standard InChI is InChI=1S/C21H26N4O3/c1-4-17(23-14-6-5-7-15(12-14)27-2)21(26)22-11-10-20-24-18-9-8-16(28-3)13-19(18)25-20/h5-9,12-13,17,23H,4,10-11H2,1-3H3,(H,22,26)(H,24,25)/t17-/m0/s1. The Hall–Kier alpha value is -3.22. The summed E-state index contributed by atoms with van der Waals surface area (Å²) in [4.78, 5) is 20.3. The van der Waals surface area contributed by atoms with E-state index in [0.717, 1.165) is 34.0 Å². The van der Waals surface area contributed by atoms with Gasteiger partial charge in [-0.25, -0.2) is 4.98 Å². The first kappa shape index (κ1) is 19.5. The van der Waals surface area contributed by atoms with E-state index in [9.17, 15) is 4.79 Å². The summed E-state index contributed by atoms with van der Waals surface area (Å²) in [7, 11) is 3.26. The van der Waals surface area contributed by atoms with E-state index in [2.05, 4.69) is 20.6 Å². The van der Waals surface area contributed by atoms with Crippen molar-refractivity contribution >= 4 is 22.6 Å². The van der Waals surface area contributed by atoms with E-state index in [-0.39, 0.29) is 11.9 Å². The number of nitrogens with one attached hydrogen (secondary N) is 3. The molecule has 148 valence electrons. The van der Waals surface area contributed by atoms with Gasteiger partial charge in [0.15, 0.2) is 0 Å². The number of carbonyl (C=O) groups excluding carboxylic acids is 1. The Bertz CT molecular complexity index is 938. The van der Waals surface area contributed by atoms with Crippen molar-refractivity contribution in [3.05, 3.63) is 48.3 Å². The molecule has 0 spiro atoms. The summed E-state index contributed by atoms with van der Waals surface area (Å²) in [6, 6.07) is 12.9. The van der Waals surface area contributed by atoms with Gasteiger partial charge in [0.1, 0.15) is 23.4 Å². The number of nitrogens with zero attached hydrogens (tertiary/aromatic N) is 1. The van der Waals surface area contributed by atoms with Gasteiger partial charge in [0.25, 0.3) is 0 Å². The molecule has 0 aliphatic carbocycles. The van der Waals surface area contributed by atoms with Crippen molar-refractivity contribution < 1.29 is 14.3 Å². The molecule has 1 amide bonds. The van der Waals surface area contributed by atoms with Crippen molar-refractivity contribution in [2.75, 3.05) is 26.1 Å². The van der Waals surface area contributed by atoms with Gasteiger partial charge < -0.3 is 25.1 Å². The zero-order chi connectivity index (χ0) is 19.9. The number of benzene rings is 2. The molecule has 2 aromatic carbocycles. The molecule has 0 radical (unpaired) electrons. The van der Waals surface area contributed by atoms with Gasteiger partial charge in [-0.2, -0.15) is 0 Å². The maximum absolute atomic E-state index is 12.5. The number of carbonyl (C=O) groups is 1. The number of imidazole rings is 1. The van der Waals surface area contributed by atoms with E-state index in [1.165, 1.54) is 0 Å². The topological polar surface area (TPSA) is 88.3 Å². The van der Waals surface area contributed by atoms with Crippen LogP contribution in [0.25, 0.3) is 11.0 Å². The van der Waals surface area contributed by atoms with Crippen molar-refractivity contribution in [1.29, 1.82) is 0 Å². The van der Waals surface area contributed by atoms with Crippen molar-refractivity contribution in [3.8, 4) is 11.5 Å². The zero-order valence-electron chi connectivity index (χ0n) is 16.4. The van der Waals surface area contributed by atoms with Gasteiger partial charge >= 0.3 is 0 Å². The summed E-state index contributed by atoms with van der Waals surface area (Å²) >= 11 is 0. The van der Waals surface area contributed by atoms with Crippen molar-refractivity contribution in [3.63, 3.8) is 0 Å². The molecule has 0 saturated carbocycles. The highest BCUT2D eigenvalue weighted by atomic mass is 16.5. The highest BCUT2D eigenvalue weighted by molar-refractivity contribution is 5.84. The molecule has 7 nitrogen and oxygen atoms in total. The molecule has 0 aliphatic rings. The molecule has 0 fully saturated rings. The molecule has 3 aromatic rings. The first-order valence-electron chi connectivity index (χ1n) is 9.34. The van der Waals surface area contributed by atoms with E-state index in [1.807, 2.05) is 49.4 Å². The summed E-state index contributed by atoms with van der Waals surface area (Å²) in [5, 5.41) is 6.24. The number of aromatic nitrogens is 2. The lowest BCUT2D eigenvalue weighted by molar-refractivity contribution is -0.121. The van der Waals surface area contributed by atoms with E-state index >= 15 is 0 Å². The fourth-order valence-corrected chi connectivity index (χ4v) is 2.98. The van der Waals surface area contributed by atoms with Crippen LogP contribution in [0.2, 0.25) is 0 Å². The molecule has 0 saturated heterocycles. The quantitative estimate of drug-likeness (QED) is 0.529. The average molecular weight is 382 g/mol. The lowest BCUT2D eigenvalue weighted by Crippen LogP contribution is -2.40. The minimum atomic E-state index is -0.313. The van der Waals surface area contributed by atoms with Gasteiger partial charge in [0.05, 0.1) is 25.3 Å². The second-order valence-corrected chi connectivity index (χ2v) is 6.44. The molecule has 0 bridgehead atoms. The zero-order valence-corrected chi connectivity index (χ0v) is 16.4. The Balaban J connectivity index is 1.54.